The molecule has 1 N–H and O–H groups in total. The lowest BCUT2D eigenvalue weighted by Crippen LogP contribution is -2.33. The zero-order valence-electron chi connectivity index (χ0n) is 13.6. The first-order chi connectivity index (χ1) is 10.4. The molecule has 0 aromatic carbocycles. The molecular formula is C13H25N3O4S2. The van der Waals surface area contributed by atoms with E-state index >= 15 is 0 Å². The van der Waals surface area contributed by atoms with Crippen LogP contribution in [0.15, 0.2) is 0 Å². The van der Waals surface area contributed by atoms with E-state index < -0.39 is 6.09 Å². The van der Waals surface area contributed by atoms with E-state index in [4.69, 9.17) is 21.8 Å². The Morgan fingerprint density at radius 3 is 2.50 bits per heavy atom. The smallest absolute Gasteiger partial charge is 0.444 e. The van der Waals surface area contributed by atoms with Crippen molar-refractivity contribution >= 4 is 41.4 Å². The monoisotopic (exact) mass is 351 g/mol. The molecule has 0 unspecified atom stereocenters. The van der Waals surface area contributed by atoms with Gasteiger partial charge in [-0.15, -0.1) is 0 Å². The molecule has 0 radical (unpaired) electrons. The van der Waals surface area contributed by atoms with Crippen molar-refractivity contribution in [2.24, 2.45) is 0 Å². The molecule has 0 aliphatic carbocycles. The number of rotatable bonds is 9. The van der Waals surface area contributed by atoms with Gasteiger partial charge in [-0.3, -0.25) is 4.79 Å². The van der Waals surface area contributed by atoms with Crippen LogP contribution in [-0.2, 0) is 14.4 Å². The van der Waals surface area contributed by atoms with E-state index in [-0.39, 0.29) is 12.4 Å². The molecule has 1 amide bonds. The first-order valence-corrected chi connectivity index (χ1v) is 8.34. The highest BCUT2D eigenvalue weighted by atomic mass is 32.2. The van der Waals surface area contributed by atoms with E-state index in [0.29, 0.717) is 18.1 Å². The molecule has 0 saturated heterocycles. The number of carbonyl (C=O) groups is 2. The van der Waals surface area contributed by atoms with Gasteiger partial charge in [0.1, 0.15) is 4.99 Å². The molecule has 0 aromatic heterocycles. The van der Waals surface area contributed by atoms with Gasteiger partial charge >= 0.3 is 12.1 Å². The highest BCUT2D eigenvalue weighted by Gasteiger charge is 2.17. The molecule has 0 aliphatic rings. The van der Waals surface area contributed by atoms with Gasteiger partial charge in [-0.05, 0) is 20.3 Å². The van der Waals surface area contributed by atoms with Crippen molar-refractivity contribution in [1.29, 1.82) is 0 Å². The van der Waals surface area contributed by atoms with Gasteiger partial charge in [0.15, 0.2) is 0 Å². The molecule has 7 nitrogen and oxygen atoms in total. The van der Waals surface area contributed by atoms with Crippen LogP contribution in [0.25, 0.3) is 0 Å². The van der Waals surface area contributed by atoms with Gasteiger partial charge in [0.05, 0.1) is 13.0 Å². The number of carbonyl (C=O) groups excluding carboxylic acids is 2. The molecule has 0 atom stereocenters. The summed E-state index contributed by atoms with van der Waals surface area (Å²) in [6.07, 6.45) is 1.71. The van der Waals surface area contributed by atoms with Gasteiger partial charge in [0, 0.05) is 32.3 Å². The van der Waals surface area contributed by atoms with E-state index in [9.17, 15) is 9.59 Å². The van der Waals surface area contributed by atoms with E-state index in [1.807, 2.05) is 4.31 Å². The summed E-state index contributed by atoms with van der Waals surface area (Å²) in [6, 6.07) is 0. The second-order valence-corrected chi connectivity index (χ2v) is 6.28. The molecule has 0 heterocycles. The Morgan fingerprint density at radius 1 is 1.27 bits per heavy atom. The van der Waals surface area contributed by atoms with Gasteiger partial charge in [0.2, 0.25) is 0 Å². The molecule has 0 saturated carbocycles. The number of unbranched alkanes of at least 4 members (excludes halogenated alkanes) is 1. The fraction of sp³-hybridized carbons (Fsp3) is 0.769. The largest absolute Gasteiger partial charge is 0.466 e. The topological polar surface area (TPSA) is 71.1 Å². The van der Waals surface area contributed by atoms with Crippen LogP contribution in [0.5, 0.6) is 0 Å². The lowest BCUT2D eigenvalue weighted by molar-refractivity contribution is -0.143. The van der Waals surface area contributed by atoms with Crippen molar-refractivity contribution in [3.05, 3.63) is 0 Å². The van der Waals surface area contributed by atoms with E-state index in [0.717, 1.165) is 19.4 Å². The molecule has 0 spiro atoms. The Labute approximate surface area is 141 Å². The maximum atomic E-state index is 11.7. The molecule has 0 aliphatic heterocycles. The van der Waals surface area contributed by atoms with Crippen molar-refractivity contribution < 1.29 is 19.2 Å². The second-order valence-electron chi connectivity index (χ2n) is 4.44. The minimum absolute atomic E-state index is 0.243. The Morgan fingerprint density at radius 2 is 1.95 bits per heavy atom. The van der Waals surface area contributed by atoms with Crippen LogP contribution < -0.4 is 5.48 Å². The quantitative estimate of drug-likeness (QED) is 0.294. The summed E-state index contributed by atoms with van der Waals surface area (Å²) >= 11 is 5.97. The number of hydrogen-bond acceptors (Lipinski definition) is 7. The number of nitrogens with one attached hydrogen (secondary N) is 1. The first kappa shape index (κ1) is 20.9. The molecule has 0 bridgehead atoms. The first-order valence-electron chi connectivity index (χ1n) is 7.20. The van der Waals surface area contributed by atoms with Gasteiger partial charge in [0.25, 0.3) is 0 Å². The van der Waals surface area contributed by atoms with Crippen molar-refractivity contribution in [2.75, 3.05) is 26.7 Å². The fourth-order valence-corrected chi connectivity index (χ4v) is 2.24. The third-order valence-corrected chi connectivity index (χ3v) is 3.48. The predicted octanol–water partition coefficient (Wildman–Crippen LogP) is 2.53. The second kappa shape index (κ2) is 12.5. The molecule has 0 rings (SSSR count). The summed E-state index contributed by atoms with van der Waals surface area (Å²) in [7, 11) is 1.59. The summed E-state index contributed by atoms with van der Waals surface area (Å²) in [5.74, 6) is -0.243. The minimum Gasteiger partial charge on any atom is -0.466 e. The van der Waals surface area contributed by atoms with Crippen molar-refractivity contribution in [2.45, 2.75) is 40.0 Å². The summed E-state index contributed by atoms with van der Waals surface area (Å²) in [6.45, 7) is 7.10. The van der Waals surface area contributed by atoms with Crippen LogP contribution in [0, 0.1) is 0 Å². The number of esters is 1. The van der Waals surface area contributed by atoms with Crippen molar-refractivity contribution in [1.82, 2.24) is 14.1 Å². The molecular weight excluding hydrogens is 326 g/mol. The summed E-state index contributed by atoms with van der Waals surface area (Å²) in [5.41, 5.74) is 2.34. The van der Waals surface area contributed by atoms with Crippen molar-refractivity contribution in [3.63, 3.8) is 0 Å². The number of nitrogens with zero attached hydrogens (tertiary/aromatic N) is 2. The normalized spacial score (nSPS) is 10.2. The zero-order chi connectivity index (χ0) is 17.0. The molecule has 9 heteroatoms. The van der Waals surface area contributed by atoms with Crippen LogP contribution in [0.2, 0.25) is 0 Å². The van der Waals surface area contributed by atoms with Crippen LogP contribution >= 0.6 is 24.4 Å². The Hall–Kier alpha value is -1.06. The van der Waals surface area contributed by atoms with Crippen LogP contribution in [-0.4, -0.2) is 52.4 Å². The zero-order valence-corrected chi connectivity index (χ0v) is 15.2. The van der Waals surface area contributed by atoms with Gasteiger partial charge in [-0.25, -0.2) is 18.9 Å². The summed E-state index contributed by atoms with van der Waals surface area (Å²) in [5, 5.41) is 0. The lowest BCUT2D eigenvalue weighted by Gasteiger charge is -2.25. The Kier molecular flexibility index (Phi) is 11.9. The Balaban J connectivity index is 4.33. The minimum atomic E-state index is -0.563. The Bertz CT molecular complexity index is 369. The summed E-state index contributed by atoms with van der Waals surface area (Å²) < 4.78 is 8.19. The van der Waals surface area contributed by atoms with Gasteiger partial charge in [-0.1, -0.05) is 25.6 Å². The average molecular weight is 351 g/mol. The highest BCUT2D eigenvalue weighted by Crippen LogP contribution is 2.17. The van der Waals surface area contributed by atoms with E-state index in [2.05, 4.69) is 12.4 Å². The number of thiocarbonyl (C=S) groups is 1. The lowest BCUT2D eigenvalue weighted by atomic mass is 10.3. The van der Waals surface area contributed by atoms with Crippen molar-refractivity contribution in [3.8, 4) is 0 Å². The van der Waals surface area contributed by atoms with Gasteiger partial charge in [-0.2, -0.15) is 0 Å². The van der Waals surface area contributed by atoms with Crippen LogP contribution in [0.1, 0.15) is 40.0 Å². The number of amides is 1. The van der Waals surface area contributed by atoms with Crippen LogP contribution in [0.3, 0.4) is 0 Å². The molecule has 22 heavy (non-hydrogen) atoms. The average Bonchev–Trinajstić information content (AvgIpc) is 2.47. The van der Waals surface area contributed by atoms with Gasteiger partial charge < -0.3 is 9.57 Å². The van der Waals surface area contributed by atoms with E-state index in [1.54, 1.807) is 20.9 Å². The predicted molar refractivity (Wildman–Crippen MR) is 91.0 cm³/mol. The molecule has 0 aromatic rings. The number of ether oxygens (including phenoxy) is 1. The number of hydroxylamine groups is 1. The molecule has 0 fully saturated rings. The van der Waals surface area contributed by atoms with E-state index in [1.165, 1.54) is 16.4 Å². The third kappa shape index (κ3) is 10.6. The summed E-state index contributed by atoms with van der Waals surface area (Å²) in [4.78, 5) is 28.3. The maximum absolute atomic E-state index is 11.7. The standard InChI is InChI=1S/C13H25N3O4S2/c1-5-7-9-16(10-8-12(17)19-6-2)22-15(4)13(18)20-14-11(3)21/h5-10H2,1-4H3,(H,14,21). The SMILES string of the molecule is CCCCN(CCC(=O)OCC)SN(C)C(=O)ONC(C)=S. The molecule has 128 valence electrons. The number of hydrogen-bond donors (Lipinski definition) is 1. The maximum Gasteiger partial charge on any atom is 0.444 e. The third-order valence-electron chi connectivity index (χ3n) is 2.41. The highest BCUT2D eigenvalue weighted by molar-refractivity contribution is 7.95. The van der Waals surface area contributed by atoms with Crippen LogP contribution in [0.4, 0.5) is 4.79 Å². The fourth-order valence-electron chi connectivity index (χ4n) is 1.36.